The summed E-state index contributed by atoms with van der Waals surface area (Å²) >= 11 is 3.45. The normalized spacial score (nSPS) is 11.3. The smallest absolute Gasteiger partial charge is 0.137 e. The number of halogens is 1. The van der Waals surface area contributed by atoms with Crippen molar-refractivity contribution in [3.8, 4) is 5.75 Å². The molecule has 0 aliphatic rings. The Balaban J connectivity index is 2.44. The van der Waals surface area contributed by atoms with Crippen molar-refractivity contribution in [3.63, 3.8) is 0 Å². The number of hydrogen-bond donors (Lipinski definition) is 0. The summed E-state index contributed by atoms with van der Waals surface area (Å²) in [6.45, 7) is 5.00. The number of ether oxygens (including phenoxy) is 1. The number of pyridine rings is 1. The van der Waals surface area contributed by atoms with Gasteiger partial charge in [0, 0.05) is 16.9 Å². The zero-order valence-corrected chi connectivity index (χ0v) is 9.54. The molecule has 1 heterocycles. The van der Waals surface area contributed by atoms with E-state index in [1.165, 1.54) is 0 Å². The number of nitrogens with zero attached hydrogens (tertiary/aromatic N) is 1. The lowest BCUT2D eigenvalue weighted by Crippen LogP contribution is -2.22. The van der Waals surface area contributed by atoms with E-state index in [0.717, 1.165) is 11.1 Å². The van der Waals surface area contributed by atoms with E-state index >= 15 is 0 Å². The highest BCUT2D eigenvalue weighted by molar-refractivity contribution is 9.09. The molecule has 0 saturated heterocycles. The van der Waals surface area contributed by atoms with Crippen LogP contribution in [0, 0.1) is 5.41 Å². The number of rotatable bonds is 4. The summed E-state index contributed by atoms with van der Waals surface area (Å²) in [7, 11) is 0. The maximum Gasteiger partial charge on any atom is 0.137 e. The molecule has 0 unspecified atom stereocenters. The Labute approximate surface area is 87.5 Å². The molecule has 1 rings (SSSR count). The second-order valence-corrected chi connectivity index (χ2v) is 4.34. The van der Waals surface area contributed by atoms with Crippen LogP contribution >= 0.6 is 15.9 Å². The molecule has 0 spiro atoms. The highest BCUT2D eigenvalue weighted by Crippen LogP contribution is 2.19. The Morgan fingerprint density at radius 1 is 1.54 bits per heavy atom. The first-order chi connectivity index (χ1) is 6.14. The fourth-order valence-corrected chi connectivity index (χ4v) is 0.912. The van der Waals surface area contributed by atoms with E-state index in [0.29, 0.717) is 6.61 Å². The monoisotopic (exact) mass is 243 g/mol. The van der Waals surface area contributed by atoms with Crippen LogP contribution in [0.4, 0.5) is 0 Å². The molecule has 0 aliphatic carbocycles. The van der Waals surface area contributed by atoms with Crippen molar-refractivity contribution in [2.75, 3.05) is 11.9 Å². The van der Waals surface area contributed by atoms with Gasteiger partial charge in [0.1, 0.15) is 5.75 Å². The Hall–Kier alpha value is -0.570. The summed E-state index contributed by atoms with van der Waals surface area (Å²) in [4.78, 5) is 3.97. The van der Waals surface area contributed by atoms with Gasteiger partial charge in [0.05, 0.1) is 12.8 Å². The predicted octanol–water partition coefficient (Wildman–Crippen LogP) is 2.88. The van der Waals surface area contributed by atoms with E-state index in [1.807, 2.05) is 12.1 Å². The summed E-state index contributed by atoms with van der Waals surface area (Å²) in [5, 5.41) is 0.931. The van der Waals surface area contributed by atoms with E-state index in [1.54, 1.807) is 12.4 Å². The van der Waals surface area contributed by atoms with E-state index < -0.39 is 0 Å². The molecule has 0 radical (unpaired) electrons. The maximum absolute atomic E-state index is 5.57. The third kappa shape index (κ3) is 3.77. The molecule has 72 valence electrons. The number of alkyl halides is 1. The van der Waals surface area contributed by atoms with Gasteiger partial charge in [-0.3, -0.25) is 4.98 Å². The van der Waals surface area contributed by atoms with Gasteiger partial charge in [-0.05, 0) is 12.1 Å². The molecule has 0 atom stereocenters. The van der Waals surface area contributed by atoms with Gasteiger partial charge in [-0.15, -0.1) is 0 Å². The maximum atomic E-state index is 5.57. The molecule has 1 aromatic heterocycles. The minimum absolute atomic E-state index is 0.163. The first kappa shape index (κ1) is 10.5. The molecule has 0 N–H and O–H groups in total. The SMILES string of the molecule is CC(C)(CBr)COc1cccnc1. The summed E-state index contributed by atoms with van der Waals surface area (Å²) < 4.78 is 5.57. The van der Waals surface area contributed by atoms with Crippen LogP contribution in [0.15, 0.2) is 24.5 Å². The van der Waals surface area contributed by atoms with E-state index in [-0.39, 0.29) is 5.41 Å². The Morgan fingerprint density at radius 2 is 2.31 bits per heavy atom. The highest BCUT2D eigenvalue weighted by atomic mass is 79.9. The molecular formula is C10H14BrNO. The molecule has 0 fully saturated rings. The highest BCUT2D eigenvalue weighted by Gasteiger charge is 2.16. The summed E-state index contributed by atoms with van der Waals surface area (Å²) in [6, 6.07) is 3.79. The van der Waals surface area contributed by atoms with Crippen molar-refractivity contribution in [1.29, 1.82) is 0 Å². The zero-order valence-electron chi connectivity index (χ0n) is 7.96. The summed E-state index contributed by atoms with van der Waals surface area (Å²) in [5.41, 5.74) is 0.163. The van der Waals surface area contributed by atoms with Gasteiger partial charge < -0.3 is 4.74 Å². The van der Waals surface area contributed by atoms with Gasteiger partial charge in [-0.2, -0.15) is 0 Å². The van der Waals surface area contributed by atoms with Crippen LogP contribution in [0.3, 0.4) is 0 Å². The van der Waals surface area contributed by atoms with Crippen molar-refractivity contribution in [3.05, 3.63) is 24.5 Å². The molecule has 0 bridgehead atoms. The van der Waals surface area contributed by atoms with Crippen molar-refractivity contribution in [2.45, 2.75) is 13.8 Å². The van der Waals surface area contributed by atoms with Gasteiger partial charge in [-0.1, -0.05) is 29.8 Å². The van der Waals surface area contributed by atoms with Gasteiger partial charge in [0.25, 0.3) is 0 Å². The van der Waals surface area contributed by atoms with Gasteiger partial charge in [0.15, 0.2) is 0 Å². The Bertz CT molecular complexity index is 248. The largest absolute Gasteiger partial charge is 0.491 e. The topological polar surface area (TPSA) is 22.1 Å². The van der Waals surface area contributed by atoms with Crippen molar-refractivity contribution >= 4 is 15.9 Å². The van der Waals surface area contributed by atoms with E-state index in [9.17, 15) is 0 Å². The number of hydrogen-bond acceptors (Lipinski definition) is 2. The van der Waals surface area contributed by atoms with Crippen LogP contribution in [0.1, 0.15) is 13.8 Å². The van der Waals surface area contributed by atoms with Gasteiger partial charge >= 0.3 is 0 Å². The average Bonchev–Trinajstić information content (AvgIpc) is 2.17. The second kappa shape index (κ2) is 4.61. The average molecular weight is 244 g/mol. The molecule has 13 heavy (non-hydrogen) atoms. The lowest BCUT2D eigenvalue weighted by molar-refractivity contribution is 0.202. The zero-order chi connectivity index (χ0) is 9.73. The molecule has 2 nitrogen and oxygen atoms in total. The van der Waals surface area contributed by atoms with Crippen molar-refractivity contribution in [1.82, 2.24) is 4.98 Å². The molecule has 0 saturated carbocycles. The van der Waals surface area contributed by atoms with Crippen LogP contribution in [0.5, 0.6) is 5.75 Å². The molecule has 3 heteroatoms. The summed E-state index contributed by atoms with van der Waals surface area (Å²) in [6.07, 6.45) is 3.47. The minimum Gasteiger partial charge on any atom is -0.491 e. The predicted molar refractivity (Wildman–Crippen MR) is 57.3 cm³/mol. The fourth-order valence-electron chi connectivity index (χ4n) is 0.750. The molecule has 0 aliphatic heterocycles. The Kier molecular flexibility index (Phi) is 3.72. The van der Waals surface area contributed by atoms with Crippen LogP contribution in [-0.4, -0.2) is 16.9 Å². The quantitative estimate of drug-likeness (QED) is 0.760. The standard InChI is InChI=1S/C10H14BrNO/c1-10(2,7-11)8-13-9-4-3-5-12-6-9/h3-6H,7-8H2,1-2H3. The van der Waals surface area contributed by atoms with Gasteiger partial charge in [-0.25, -0.2) is 0 Å². The molecule has 0 amide bonds. The van der Waals surface area contributed by atoms with Crippen LogP contribution < -0.4 is 4.74 Å². The fraction of sp³-hybridized carbons (Fsp3) is 0.500. The molecule has 0 aromatic carbocycles. The lowest BCUT2D eigenvalue weighted by atomic mass is 9.98. The van der Waals surface area contributed by atoms with Crippen molar-refractivity contribution in [2.24, 2.45) is 5.41 Å². The number of aromatic nitrogens is 1. The minimum atomic E-state index is 0.163. The van der Waals surface area contributed by atoms with Crippen LogP contribution in [0.25, 0.3) is 0 Å². The first-order valence-electron chi connectivity index (χ1n) is 4.23. The third-order valence-corrected chi connectivity index (χ3v) is 3.14. The molecular weight excluding hydrogens is 230 g/mol. The van der Waals surface area contributed by atoms with Crippen molar-refractivity contribution < 1.29 is 4.74 Å². The third-order valence-electron chi connectivity index (χ3n) is 1.63. The van der Waals surface area contributed by atoms with Crippen LogP contribution in [-0.2, 0) is 0 Å². The van der Waals surface area contributed by atoms with Gasteiger partial charge in [0.2, 0.25) is 0 Å². The van der Waals surface area contributed by atoms with E-state index in [4.69, 9.17) is 4.74 Å². The molecule has 1 aromatic rings. The second-order valence-electron chi connectivity index (χ2n) is 3.78. The van der Waals surface area contributed by atoms with Crippen LogP contribution in [0.2, 0.25) is 0 Å². The first-order valence-corrected chi connectivity index (χ1v) is 5.35. The van der Waals surface area contributed by atoms with E-state index in [2.05, 4.69) is 34.8 Å². The summed E-state index contributed by atoms with van der Waals surface area (Å²) in [5.74, 6) is 0.830. The lowest BCUT2D eigenvalue weighted by Gasteiger charge is -2.21. The Morgan fingerprint density at radius 3 is 2.85 bits per heavy atom.